The second-order valence-corrected chi connectivity index (χ2v) is 5.38. The number of aliphatic hydroxyl groups excluding tert-OH is 1. The third-order valence-corrected chi connectivity index (χ3v) is 3.87. The molecule has 2 nitrogen and oxygen atoms in total. The molecule has 2 aromatic rings. The molecule has 0 aliphatic heterocycles. The van der Waals surface area contributed by atoms with Crippen LogP contribution in [0.15, 0.2) is 40.9 Å². The lowest BCUT2D eigenvalue weighted by Crippen LogP contribution is -2.13. The highest BCUT2D eigenvalue weighted by atomic mass is 79.9. The molecule has 0 fully saturated rings. The topological polar surface area (TPSA) is 32.3 Å². The Morgan fingerprint density at radius 3 is 2.60 bits per heavy atom. The summed E-state index contributed by atoms with van der Waals surface area (Å²) in [5.74, 6) is -1.40. The quantitative estimate of drug-likeness (QED) is 0.874. The van der Waals surface area contributed by atoms with Crippen LogP contribution in [-0.4, -0.2) is 11.7 Å². The summed E-state index contributed by atoms with van der Waals surface area (Å²) in [6.45, 7) is 2.09. The molecular formula is C15H14BrF2NO. The van der Waals surface area contributed by atoms with E-state index in [-0.39, 0.29) is 12.1 Å². The van der Waals surface area contributed by atoms with Gasteiger partial charge in [-0.1, -0.05) is 22.0 Å². The van der Waals surface area contributed by atoms with Crippen LogP contribution in [0.3, 0.4) is 0 Å². The number of aliphatic hydroxyl groups is 1. The lowest BCUT2D eigenvalue weighted by Gasteiger charge is -2.14. The number of aryl methyl sites for hydroxylation is 1. The smallest absolute Gasteiger partial charge is 0.131 e. The first-order valence-electron chi connectivity index (χ1n) is 6.10. The van der Waals surface area contributed by atoms with Gasteiger partial charge in [0, 0.05) is 28.3 Å². The fourth-order valence-electron chi connectivity index (χ4n) is 1.85. The molecule has 0 radical (unpaired) electrons. The molecule has 2 rings (SSSR count). The Balaban J connectivity index is 2.04. The van der Waals surface area contributed by atoms with Crippen molar-refractivity contribution in [3.8, 4) is 0 Å². The number of halogens is 3. The number of benzene rings is 2. The van der Waals surface area contributed by atoms with Crippen LogP contribution in [0.2, 0.25) is 0 Å². The van der Waals surface area contributed by atoms with Gasteiger partial charge in [-0.25, -0.2) is 8.78 Å². The van der Waals surface area contributed by atoms with Crippen molar-refractivity contribution in [1.82, 2.24) is 0 Å². The molecule has 2 aromatic carbocycles. The van der Waals surface area contributed by atoms with E-state index in [1.54, 1.807) is 0 Å². The van der Waals surface area contributed by atoms with Crippen molar-refractivity contribution in [3.05, 3.63) is 63.6 Å². The van der Waals surface area contributed by atoms with Crippen molar-refractivity contribution >= 4 is 21.6 Å². The van der Waals surface area contributed by atoms with Gasteiger partial charge in [-0.05, 0) is 36.8 Å². The lowest BCUT2D eigenvalue weighted by molar-refractivity contribution is 0.186. The molecule has 2 N–H and O–H groups in total. The first-order valence-corrected chi connectivity index (χ1v) is 6.89. The molecule has 20 heavy (non-hydrogen) atoms. The lowest BCUT2D eigenvalue weighted by atomic mass is 10.1. The molecular weight excluding hydrogens is 328 g/mol. The summed E-state index contributed by atoms with van der Waals surface area (Å²) in [4.78, 5) is 0. The highest BCUT2D eigenvalue weighted by Gasteiger charge is 2.13. The molecule has 0 aliphatic rings. The van der Waals surface area contributed by atoms with Crippen LogP contribution in [0.1, 0.15) is 17.2 Å². The van der Waals surface area contributed by atoms with Crippen LogP contribution in [0.25, 0.3) is 0 Å². The van der Waals surface area contributed by atoms with Gasteiger partial charge in [-0.2, -0.15) is 0 Å². The van der Waals surface area contributed by atoms with Crippen molar-refractivity contribution in [2.75, 3.05) is 11.9 Å². The van der Waals surface area contributed by atoms with E-state index in [2.05, 4.69) is 21.2 Å². The molecule has 0 aliphatic carbocycles. The predicted molar refractivity (Wildman–Crippen MR) is 78.7 cm³/mol. The average molecular weight is 342 g/mol. The molecule has 0 amide bonds. The van der Waals surface area contributed by atoms with Gasteiger partial charge in [0.1, 0.15) is 11.6 Å². The van der Waals surface area contributed by atoms with Crippen molar-refractivity contribution in [1.29, 1.82) is 0 Å². The van der Waals surface area contributed by atoms with E-state index in [4.69, 9.17) is 0 Å². The molecule has 1 unspecified atom stereocenters. The minimum Gasteiger partial charge on any atom is -0.386 e. The Bertz CT molecular complexity index is 619. The Morgan fingerprint density at radius 2 is 1.95 bits per heavy atom. The van der Waals surface area contributed by atoms with Crippen LogP contribution in [0.5, 0.6) is 0 Å². The summed E-state index contributed by atoms with van der Waals surface area (Å²) in [7, 11) is 0. The average Bonchev–Trinajstić information content (AvgIpc) is 2.40. The number of rotatable bonds is 4. The van der Waals surface area contributed by atoms with Crippen LogP contribution in [0.4, 0.5) is 14.5 Å². The largest absolute Gasteiger partial charge is 0.386 e. The maximum absolute atomic E-state index is 13.5. The van der Waals surface area contributed by atoms with Gasteiger partial charge in [0.15, 0.2) is 0 Å². The Hall–Kier alpha value is -1.46. The third kappa shape index (κ3) is 3.55. The number of nitrogens with one attached hydrogen (secondary N) is 1. The summed E-state index contributed by atoms with van der Waals surface area (Å²) >= 11 is 3.40. The van der Waals surface area contributed by atoms with Gasteiger partial charge in [0.05, 0.1) is 6.10 Å². The molecule has 5 heteroatoms. The minimum atomic E-state index is -1.04. The summed E-state index contributed by atoms with van der Waals surface area (Å²) in [6.07, 6.45) is -1.04. The number of hydrogen-bond acceptors (Lipinski definition) is 2. The summed E-state index contributed by atoms with van der Waals surface area (Å²) < 4.78 is 27.3. The van der Waals surface area contributed by atoms with Crippen molar-refractivity contribution in [3.63, 3.8) is 0 Å². The zero-order valence-corrected chi connectivity index (χ0v) is 12.4. The van der Waals surface area contributed by atoms with Gasteiger partial charge in [0.25, 0.3) is 0 Å². The second-order valence-electron chi connectivity index (χ2n) is 4.53. The molecule has 106 valence electrons. The van der Waals surface area contributed by atoms with Crippen LogP contribution >= 0.6 is 15.9 Å². The summed E-state index contributed by atoms with van der Waals surface area (Å²) in [6, 6.07) is 8.81. The fourth-order valence-corrected chi connectivity index (χ4v) is 2.10. The molecule has 0 bridgehead atoms. The van der Waals surface area contributed by atoms with Crippen LogP contribution in [-0.2, 0) is 0 Å². The normalized spacial score (nSPS) is 12.2. The Morgan fingerprint density at radius 1 is 1.20 bits per heavy atom. The molecule has 0 saturated carbocycles. The van der Waals surface area contributed by atoms with Gasteiger partial charge in [0.2, 0.25) is 0 Å². The van der Waals surface area contributed by atoms with Crippen LogP contribution in [0, 0.1) is 18.6 Å². The van der Waals surface area contributed by atoms with E-state index in [1.165, 1.54) is 6.07 Å². The van der Waals surface area contributed by atoms with Crippen molar-refractivity contribution in [2.45, 2.75) is 13.0 Å². The number of hydrogen-bond donors (Lipinski definition) is 2. The predicted octanol–water partition coefficient (Wildman–Crippen LogP) is 4.18. The highest BCUT2D eigenvalue weighted by Crippen LogP contribution is 2.22. The standard InChI is InChI=1S/C15H14BrF2NO/c1-9-6-11(3-5-13(9)16)19-8-15(20)12-4-2-10(17)7-14(12)18/h2-7,15,19-20H,8H2,1H3. The molecule has 0 saturated heterocycles. The van der Waals surface area contributed by atoms with Crippen LogP contribution < -0.4 is 5.32 Å². The monoisotopic (exact) mass is 341 g/mol. The maximum atomic E-state index is 13.5. The van der Waals surface area contributed by atoms with E-state index in [1.807, 2.05) is 25.1 Å². The Labute approximate surface area is 124 Å². The van der Waals surface area contributed by atoms with Gasteiger partial charge < -0.3 is 10.4 Å². The van der Waals surface area contributed by atoms with Crippen molar-refractivity contribution < 1.29 is 13.9 Å². The zero-order chi connectivity index (χ0) is 14.7. The molecule has 0 aromatic heterocycles. The fraction of sp³-hybridized carbons (Fsp3) is 0.200. The van der Waals surface area contributed by atoms with E-state index in [9.17, 15) is 13.9 Å². The van der Waals surface area contributed by atoms with Crippen molar-refractivity contribution in [2.24, 2.45) is 0 Å². The van der Waals surface area contributed by atoms with E-state index in [0.29, 0.717) is 0 Å². The molecule has 1 atom stereocenters. The maximum Gasteiger partial charge on any atom is 0.131 e. The highest BCUT2D eigenvalue weighted by molar-refractivity contribution is 9.10. The van der Waals surface area contributed by atoms with Gasteiger partial charge in [-0.15, -0.1) is 0 Å². The zero-order valence-electron chi connectivity index (χ0n) is 10.8. The van der Waals surface area contributed by atoms with Gasteiger partial charge in [-0.3, -0.25) is 0 Å². The van der Waals surface area contributed by atoms with E-state index < -0.39 is 17.7 Å². The SMILES string of the molecule is Cc1cc(NCC(O)c2ccc(F)cc2F)ccc1Br. The third-order valence-electron chi connectivity index (χ3n) is 2.98. The van der Waals surface area contributed by atoms with Gasteiger partial charge >= 0.3 is 0 Å². The van der Waals surface area contributed by atoms with E-state index in [0.717, 1.165) is 27.9 Å². The minimum absolute atomic E-state index is 0.0766. The first kappa shape index (κ1) is 14.9. The molecule has 0 spiro atoms. The molecule has 0 heterocycles. The number of anilines is 1. The Kier molecular flexibility index (Phi) is 4.73. The first-order chi connectivity index (χ1) is 9.47. The van der Waals surface area contributed by atoms with E-state index >= 15 is 0 Å². The summed E-state index contributed by atoms with van der Waals surface area (Å²) in [5.41, 5.74) is 1.96. The second kappa shape index (κ2) is 6.33. The summed E-state index contributed by atoms with van der Waals surface area (Å²) in [5, 5.41) is 13.0.